The zero-order valence-corrected chi connectivity index (χ0v) is 12.3. The number of ether oxygens (including phenoxy) is 1. The van der Waals surface area contributed by atoms with Gasteiger partial charge in [0.2, 0.25) is 5.91 Å². The van der Waals surface area contributed by atoms with Crippen LogP contribution >= 0.6 is 0 Å². The van der Waals surface area contributed by atoms with Gasteiger partial charge >= 0.3 is 0 Å². The van der Waals surface area contributed by atoms with E-state index in [0.29, 0.717) is 19.6 Å². The Kier molecular flexibility index (Phi) is 5.98. The van der Waals surface area contributed by atoms with Crippen LogP contribution in [0.15, 0.2) is 54.6 Å². The van der Waals surface area contributed by atoms with Crippen LogP contribution in [0.2, 0.25) is 0 Å². The van der Waals surface area contributed by atoms with Gasteiger partial charge in [0.05, 0.1) is 6.61 Å². The third kappa shape index (κ3) is 5.04. The Balaban J connectivity index is 1.81. The van der Waals surface area contributed by atoms with Crippen molar-refractivity contribution < 1.29 is 9.53 Å². The van der Waals surface area contributed by atoms with Gasteiger partial charge in [-0.2, -0.15) is 0 Å². The molecule has 0 atom stereocenters. The zero-order valence-electron chi connectivity index (χ0n) is 12.3. The molecule has 0 heterocycles. The number of methoxy groups -OCH3 is 1. The number of carbonyl (C=O) groups is 1. The lowest BCUT2D eigenvalue weighted by molar-refractivity contribution is -0.121. The third-order valence-corrected chi connectivity index (χ3v) is 3.38. The van der Waals surface area contributed by atoms with Gasteiger partial charge < -0.3 is 10.1 Å². The van der Waals surface area contributed by atoms with Gasteiger partial charge in [-0.3, -0.25) is 4.79 Å². The lowest BCUT2D eigenvalue weighted by Gasteiger charge is -2.10. The summed E-state index contributed by atoms with van der Waals surface area (Å²) in [6.07, 6.45) is 1.28. The van der Waals surface area contributed by atoms with E-state index >= 15 is 0 Å². The number of aryl methyl sites for hydroxylation is 1. The van der Waals surface area contributed by atoms with Crippen LogP contribution in [0.25, 0.3) is 0 Å². The third-order valence-electron chi connectivity index (χ3n) is 3.38. The van der Waals surface area contributed by atoms with Gasteiger partial charge in [0, 0.05) is 20.1 Å². The van der Waals surface area contributed by atoms with Gasteiger partial charge in [-0.05, 0) is 23.1 Å². The van der Waals surface area contributed by atoms with Gasteiger partial charge in [-0.15, -0.1) is 0 Å². The molecule has 0 saturated heterocycles. The summed E-state index contributed by atoms with van der Waals surface area (Å²) < 4.78 is 5.17. The molecule has 3 heteroatoms. The fourth-order valence-corrected chi connectivity index (χ4v) is 2.21. The van der Waals surface area contributed by atoms with Gasteiger partial charge in [0.25, 0.3) is 0 Å². The van der Waals surface area contributed by atoms with Gasteiger partial charge in [-0.1, -0.05) is 54.6 Å². The molecule has 0 fully saturated rings. The van der Waals surface area contributed by atoms with Crippen molar-refractivity contribution in [1.29, 1.82) is 0 Å². The molecule has 21 heavy (non-hydrogen) atoms. The fraction of sp³-hybridized carbons (Fsp3) is 0.278. The summed E-state index contributed by atoms with van der Waals surface area (Å²) in [6.45, 7) is 1.11. The summed E-state index contributed by atoms with van der Waals surface area (Å²) in [5.41, 5.74) is 3.41. The minimum absolute atomic E-state index is 0.0751. The molecule has 2 aromatic carbocycles. The van der Waals surface area contributed by atoms with Crippen molar-refractivity contribution in [3.05, 3.63) is 71.3 Å². The molecule has 1 N–H and O–H groups in total. The maximum absolute atomic E-state index is 11.9. The van der Waals surface area contributed by atoms with Crippen LogP contribution in [0, 0.1) is 0 Å². The SMILES string of the molecule is COCc1ccccc1CNC(=O)CCc1ccccc1. The Morgan fingerprint density at radius 1 is 1.00 bits per heavy atom. The van der Waals surface area contributed by atoms with Crippen molar-refractivity contribution in [2.75, 3.05) is 7.11 Å². The van der Waals surface area contributed by atoms with E-state index in [2.05, 4.69) is 5.32 Å². The van der Waals surface area contributed by atoms with Crippen LogP contribution in [0.5, 0.6) is 0 Å². The first kappa shape index (κ1) is 15.3. The van der Waals surface area contributed by atoms with E-state index in [4.69, 9.17) is 4.74 Å². The molecule has 3 nitrogen and oxygen atoms in total. The standard InChI is InChI=1S/C18H21NO2/c1-21-14-17-10-6-5-9-16(17)13-19-18(20)12-11-15-7-3-2-4-8-15/h2-10H,11-14H2,1H3,(H,19,20). The minimum Gasteiger partial charge on any atom is -0.380 e. The molecule has 0 aromatic heterocycles. The minimum atomic E-state index is 0.0751. The summed E-state index contributed by atoms with van der Waals surface area (Å²) >= 11 is 0. The predicted octanol–water partition coefficient (Wildman–Crippen LogP) is 3.08. The molecule has 0 aliphatic carbocycles. The largest absolute Gasteiger partial charge is 0.380 e. The fourth-order valence-electron chi connectivity index (χ4n) is 2.21. The highest BCUT2D eigenvalue weighted by atomic mass is 16.5. The molecule has 0 aliphatic rings. The number of rotatable bonds is 7. The lowest BCUT2D eigenvalue weighted by Crippen LogP contribution is -2.23. The average Bonchev–Trinajstić information content (AvgIpc) is 2.53. The molecule has 110 valence electrons. The van der Waals surface area contributed by atoms with E-state index in [9.17, 15) is 4.79 Å². The smallest absolute Gasteiger partial charge is 0.220 e. The Morgan fingerprint density at radius 2 is 1.67 bits per heavy atom. The quantitative estimate of drug-likeness (QED) is 0.848. The first-order valence-electron chi connectivity index (χ1n) is 7.16. The number of amides is 1. The van der Waals surface area contributed by atoms with Crippen molar-refractivity contribution in [2.45, 2.75) is 26.0 Å². The zero-order chi connectivity index (χ0) is 14.9. The van der Waals surface area contributed by atoms with Crippen molar-refractivity contribution in [2.24, 2.45) is 0 Å². The summed E-state index contributed by atoms with van der Waals surface area (Å²) in [6, 6.07) is 18.1. The second kappa shape index (κ2) is 8.22. The normalized spacial score (nSPS) is 10.3. The molecular weight excluding hydrogens is 262 g/mol. The second-order valence-corrected chi connectivity index (χ2v) is 4.96. The Hall–Kier alpha value is -2.13. The molecule has 2 aromatic rings. The molecule has 0 radical (unpaired) electrons. The van der Waals surface area contributed by atoms with E-state index in [1.165, 1.54) is 5.56 Å². The highest BCUT2D eigenvalue weighted by molar-refractivity contribution is 5.76. The Labute approximate surface area is 126 Å². The molecule has 0 aliphatic heterocycles. The second-order valence-electron chi connectivity index (χ2n) is 4.96. The van der Waals surface area contributed by atoms with Crippen molar-refractivity contribution >= 4 is 5.91 Å². The van der Waals surface area contributed by atoms with Crippen molar-refractivity contribution in [1.82, 2.24) is 5.32 Å². The number of hydrogen-bond acceptors (Lipinski definition) is 2. The van der Waals surface area contributed by atoms with Crippen LogP contribution in [-0.2, 0) is 29.1 Å². The predicted molar refractivity (Wildman–Crippen MR) is 83.8 cm³/mol. The number of carbonyl (C=O) groups excluding carboxylic acids is 1. The Bertz CT molecular complexity index is 566. The molecule has 1 amide bonds. The molecule has 0 spiro atoms. The summed E-state index contributed by atoms with van der Waals surface area (Å²) in [7, 11) is 1.68. The summed E-state index contributed by atoms with van der Waals surface area (Å²) in [4.78, 5) is 11.9. The molecule has 2 rings (SSSR count). The first-order valence-corrected chi connectivity index (χ1v) is 7.16. The van der Waals surface area contributed by atoms with Crippen LogP contribution in [0.4, 0.5) is 0 Å². The Morgan fingerprint density at radius 3 is 2.38 bits per heavy atom. The van der Waals surface area contributed by atoms with Crippen molar-refractivity contribution in [3.8, 4) is 0 Å². The molecular formula is C18H21NO2. The number of hydrogen-bond donors (Lipinski definition) is 1. The van der Waals surface area contributed by atoms with Crippen LogP contribution < -0.4 is 5.32 Å². The monoisotopic (exact) mass is 283 g/mol. The van der Waals surface area contributed by atoms with E-state index in [0.717, 1.165) is 17.5 Å². The van der Waals surface area contributed by atoms with Gasteiger partial charge in [0.1, 0.15) is 0 Å². The maximum atomic E-state index is 11.9. The van der Waals surface area contributed by atoms with E-state index in [-0.39, 0.29) is 5.91 Å². The average molecular weight is 283 g/mol. The lowest BCUT2D eigenvalue weighted by atomic mass is 10.1. The topological polar surface area (TPSA) is 38.3 Å². The molecule has 0 unspecified atom stereocenters. The van der Waals surface area contributed by atoms with Crippen LogP contribution in [0.1, 0.15) is 23.1 Å². The first-order chi connectivity index (χ1) is 10.3. The molecule has 0 bridgehead atoms. The highest BCUT2D eigenvalue weighted by Crippen LogP contribution is 2.10. The van der Waals surface area contributed by atoms with E-state index in [1.807, 2.05) is 54.6 Å². The van der Waals surface area contributed by atoms with Gasteiger partial charge in [-0.25, -0.2) is 0 Å². The van der Waals surface area contributed by atoms with Gasteiger partial charge in [0.15, 0.2) is 0 Å². The number of benzene rings is 2. The van der Waals surface area contributed by atoms with Crippen LogP contribution in [-0.4, -0.2) is 13.0 Å². The van der Waals surface area contributed by atoms with Crippen LogP contribution in [0.3, 0.4) is 0 Å². The molecule has 0 saturated carbocycles. The van der Waals surface area contributed by atoms with Crippen molar-refractivity contribution in [3.63, 3.8) is 0 Å². The van der Waals surface area contributed by atoms with E-state index < -0.39 is 0 Å². The summed E-state index contributed by atoms with van der Waals surface area (Å²) in [5.74, 6) is 0.0751. The maximum Gasteiger partial charge on any atom is 0.220 e. The number of nitrogens with one attached hydrogen (secondary N) is 1. The summed E-state index contributed by atoms with van der Waals surface area (Å²) in [5, 5.41) is 2.97. The van der Waals surface area contributed by atoms with E-state index in [1.54, 1.807) is 7.11 Å². The highest BCUT2D eigenvalue weighted by Gasteiger charge is 2.05.